The third kappa shape index (κ3) is 5.09. The van der Waals surface area contributed by atoms with Crippen LogP contribution in [0.15, 0.2) is 24.3 Å². The first-order chi connectivity index (χ1) is 8.19. The van der Waals surface area contributed by atoms with Gasteiger partial charge in [0.25, 0.3) is 0 Å². The predicted molar refractivity (Wildman–Crippen MR) is 75.1 cm³/mol. The van der Waals surface area contributed by atoms with E-state index in [0.717, 1.165) is 23.9 Å². The molecule has 2 nitrogen and oxygen atoms in total. The van der Waals surface area contributed by atoms with Gasteiger partial charge in [0.15, 0.2) is 0 Å². The number of ether oxygens (including phenoxy) is 2. The van der Waals surface area contributed by atoms with Crippen molar-refractivity contribution in [2.75, 3.05) is 19.5 Å². The summed E-state index contributed by atoms with van der Waals surface area (Å²) in [6.45, 7) is 2.11. The number of hydrogen-bond donors (Lipinski definition) is 0. The molecule has 0 fully saturated rings. The molecule has 0 amide bonds. The Morgan fingerprint density at radius 1 is 1.29 bits per heavy atom. The third-order valence-electron chi connectivity index (χ3n) is 2.94. The van der Waals surface area contributed by atoms with Gasteiger partial charge < -0.3 is 9.47 Å². The molecule has 1 aromatic rings. The van der Waals surface area contributed by atoms with Crippen molar-refractivity contribution >= 4 is 15.9 Å². The van der Waals surface area contributed by atoms with Crippen LogP contribution in [0.25, 0.3) is 0 Å². The van der Waals surface area contributed by atoms with Gasteiger partial charge in [-0.15, -0.1) is 0 Å². The topological polar surface area (TPSA) is 18.5 Å². The zero-order valence-electron chi connectivity index (χ0n) is 10.8. The molecule has 0 saturated carbocycles. The van der Waals surface area contributed by atoms with E-state index < -0.39 is 0 Å². The Bertz CT molecular complexity index is 328. The molecule has 0 aliphatic heterocycles. The molecule has 0 bridgehead atoms. The van der Waals surface area contributed by atoms with Crippen molar-refractivity contribution in [1.82, 2.24) is 0 Å². The Morgan fingerprint density at radius 3 is 2.65 bits per heavy atom. The van der Waals surface area contributed by atoms with Gasteiger partial charge in [0, 0.05) is 12.4 Å². The van der Waals surface area contributed by atoms with Crippen molar-refractivity contribution in [2.45, 2.75) is 25.9 Å². The second kappa shape index (κ2) is 7.72. The van der Waals surface area contributed by atoms with Gasteiger partial charge in [-0.25, -0.2) is 0 Å². The van der Waals surface area contributed by atoms with Gasteiger partial charge in [0.2, 0.25) is 0 Å². The monoisotopic (exact) mass is 300 g/mol. The minimum absolute atomic E-state index is 0.308. The molecule has 1 rings (SSSR count). The lowest BCUT2D eigenvalue weighted by Crippen LogP contribution is -2.15. The first kappa shape index (κ1) is 14.5. The van der Waals surface area contributed by atoms with Crippen LogP contribution in [0, 0.1) is 5.92 Å². The van der Waals surface area contributed by atoms with E-state index in [1.165, 1.54) is 5.56 Å². The molecule has 3 heteroatoms. The highest BCUT2D eigenvalue weighted by molar-refractivity contribution is 9.09. The highest BCUT2D eigenvalue weighted by atomic mass is 79.9. The summed E-state index contributed by atoms with van der Waals surface area (Å²) in [6.07, 6.45) is 2.43. The van der Waals surface area contributed by atoms with Crippen LogP contribution < -0.4 is 4.74 Å². The third-order valence-corrected chi connectivity index (χ3v) is 3.86. The van der Waals surface area contributed by atoms with Gasteiger partial charge in [0.05, 0.1) is 13.2 Å². The van der Waals surface area contributed by atoms with E-state index in [9.17, 15) is 0 Å². The summed E-state index contributed by atoms with van der Waals surface area (Å²) in [5, 5.41) is 0.998. The SMILES string of the molecule is COc1cccc(CC(CBr)CC(C)OC)c1. The Kier molecular flexibility index (Phi) is 6.60. The molecule has 0 aliphatic carbocycles. The van der Waals surface area contributed by atoms with Crippen LogP contribution in [0.5, 0.6) is 5.75 Å². The number of methoxy groups -OCH3 is 2. The van der Waals surface area contributed by atoms with Gasteiger partial charge in [-0.2, -0.15) is 0 Å². The zero-order chi connectivity index (χ0) is 12.7. The number of halogens is 1. The first-order valence-corrected chi connectivity index (χ1v) is 7.03. The second-order valence-corrected chi connectivity index (χ2v) is 5.01. The fourth-order valence-corrected chi connectivity index (χ4v) is 2.39. The van der Waals surface area contributed by atoms with Crippen LogP contribution in [0.3, 0.4) is 0 Å². The minimum Gasteiger partial charge on any atom is -0.497 e. The standard InChI is InChI=1S/C14H21BrO2/c1-11(16-2)7-13(10-15)8-12-5-4-6-14(9-12)17-3/h4-6,9,11,13H,7-8,10H2,1-3H3. The molecule has 0 radical (unpaired) electrons. The number of alkyl halides is 1. The fourth-order valence-electron chi connectivity index (χ4n) is 1.90. The number of benzene rings is 1. The van der Waals surface area contributed by atoms with Gasteiger partial charge in [-0.1, -0.05) is 28.1 Å². The molecule has 1 aromatic carbocycles. The quantitative estimate of drug-likeness (QED) is 0.715. The lowest BCUT2D eigenvalue weighted by Gasteiger charge is -2.18. The van der Waals surface area contributed by atoms with Crippen LogP contribution in [0.1, 0.15) is 18.9 Å². The van der Waals surface area contributed by atoms with Crippen molar-refractivity contribution < 1.29 is 9.47 Å². The maximum Gasteiger partial charge on any atom is 0.119 e. The Hall–Kier alpha value is -0.540. The van der Waals surface area contributed by atoms with Gasteiger partial charge in [0.1, 0.15) is 5.75 Å². The number of hydrogen-bond acceptors (Lipinski definition) is 2. The van der Waals surface area contributed by atoms with Crippen molar-refractivity contribution in [3.05, 3.63) is 29.8 Å². The summed E-state index contributed by atoms with van der Waals surface area (Å²) in [7, 11) is 3.47. The van der Waals surface area contributed by atoms with Crippen molar-refractivity contribution in [3.8, 4) is 5.75 Å². The molecule has 0 aromatic heterocycles. The lowest BCUT2D eigenvalue weighted by atomic mass is 9.96. The van der Waals surface area contributed by atoms with E-state index in [1.807, 2.05) is 12.1 Å². The summed E-state index contributed by atoms with van der Waals surface area (Å²) in [4.78, 5) is 0. The van der Waals surface area contributed by atoms with E-state index in [4.69, 9.17) is 9.47 Å². The molecule has 2 unspecified atom stereocenters. The molecule has 17 heavy (non-hydrogen) atoms. The molecule has 0 spiro atoms. The Labute approximate surface area is 112 Å². The first-order valence-electron chi connectivity index (χ1n) is 5.91. The molecular formula is C14H21BrO2. The summed E-state index contributed by atoms with van der Waals surface area (Å²) in [6, 6.07) is 8.27. The predicted octanol–water partition coefficient (Wildman–Crippen LogP) is 3.67. The normalized spacial score (nSPS) is 14.4. The smallest absolute Gasteiger partial charge is 0.119 e. The molecule has 96 valence electrons. The van der Waals surface area contributed by atoms with E-state index >= 15 is 0 Å². The van der Waals surface area contributed by atoms with E-state index in [2.05, 4.69) is 35.0 Å². The van der Waals surface area contributed by atoms with E-state index in [1.54, 1.807) is 14.2 Å². The molecule has 0 N–H and O–H groups in total. The Morgan fingerprint density at radius 2 is 2.06 bits per heavy atom. The fraction of sp³-hybridized carbons (Fsp3) is 0.571. The van der Waals surface area contributed by atoms with Crippen molar-refractivity contribution in [3.63, 3.8) is 0 Å². The van der Waals surface area contributed by atoms with Crippen LogP contribution in [-0.2, 0) is 11.2 Å². The highest BCUT2D eigenvalue weighted by Gasteiger charge is 2.12. The molecule has 0 aliphatic rings. The summed E-state index contributed by atoms with van der Waals surface area (Å²) >= 11 is 3.58. The Balaban J connectivity index is 2.60. The van der Waals surface area contributed by atoms with Crippen molar-refractivity contribution in [1.29, 1.82) is 0 Å². The van der Waals surface area contributed by atoms with Crippen LogP contribution >= 0.6 is 15.9 Å². The van der Waals surface area contributed by atoms with Crippen LogP contribution in [0.2, 0.25) is 0 Å². The van der Waals surface area contributed by atoms with Gasteiger partial charge in [-0.05, 0) is 43.4 Å². The average Bonchev–Trinajstić information content (AvgIpc) is 2.37. The second-order valence-electron chi connectivity index (χ2n) is 4.36. The van der Waals surface area contributed by atoms with E-state index in [-0.39, 0.29) is 0 Å². The van der Waals surface area contributed by atoms with Crippen LogP contribution in [-0.4, -0.2) is 25.7 Å². The van der Waals surface area contributed by atoms with Gasteiger partial charge in [-0.3, -0.25) is 0 Å². The molecule has 0 saturated heterocycles. The summed E-state index contributed by atoms with van der Waals surface area (Å²) in [5.41, 5.74) is 1.32. The maximum absolute atomic E-state index is 5.32. The summed E-state index contributed by atoms with van der Waals surface area (Å²) in [5.74, 6) is 1.52. The summed E-state index contributed by atoms with van der Waals surface area (Å²) < 4.78 is 10.6. The highest BCUT2D eigenvalue weighted by Crippen LogP contribution is 2.20. The minimum atomic E-state index is 0.308. The molecule has 0 heterocycles. The van der Waals surface area contributed by atoms with Gasteiger partial charge >= 0.3 is 0 Å². The largest absolute Gasteiger partial charge is 0.497 e. The number of rotatable bonds is 7. The van der Waals surface area contributed by atoms with Crippen LogP contribution in [0.4, 0.5) is 0 Å². The van der Waals surface area contributed by atoms with Crippen molar-refractivity contribution in [2.24, 2.45) is 5.92 Å². The lowest BCUT2D eigenvalue weighted by molar-refractivity contribution is 0.0981. The average molecular weight is 301 g/mol. The zero-order valence-corrected chi connectivity index (χ0v) is 12.4. The maximum atomic E-state index is 5.32. The molecular weight excluding hydrogens is 280 g/mol. The van der Waals surface area contributed by atoms with E-state index in [0.29, 0.717) is 12.0 Å². The molecule has 2 atom stereocenters.